The van der Waals surface area contributed by atoms with Gasteiger partial charge in [-0.2, -0.15) is 13.2 Å². The molecule has 0 atom stereocenters. The average molecular weight is 350 g/mol. The van der Waals surface area contributed by atoms with Crippen LogP contribution in [0.3, 0.4) is 0 Å². The Hall–Kier alpha value is -2.57. The van der Waals surface area contributed by atoms with Crippen molar-refractivity contribution < 1.29 is 13.2 Å². The highest BCUT2D eigenvalue weighted by atomic mass is 19.4. The van der Waals surface area contributed by atoms with Crippen molar-refractivity contribution in [3.05, 3.63) is 65.0 Å². The molecule has 1 aromatic heterocycles. The average Bonchev–Trinajstić information content (AvgIpc) is 2.58. The van der Waals surface area contributed by atoms with Crippen LogP contribution in [-0.4, -0.2) is 17.5 Å². The fraction of sp³-hybridized carbons (Fsp3) is 0.333. The van der Waals surface area contributed by atoms with Gasteiger partial charge >= 0.3 is 6.18 Å². The van der Waals surface area contributed by atoms with Crippen LogP contribution in [0.5, 0.6) is 0 Å². The van der Waals surface area contributed by atoms with E-state index in [4.69, 9.17) is 0 Å². The van der Waals surface area contributed by atoms with E-state index in [1.54, 1.807) is 12.3 Å². The van der Waals surface area contributed by atoms with E-state index in [1.807, 2.05) is 26.0 Å². The van der Waals surface area contributed by atoms with Crippen molar-refractivity contribution in [3.8, 4) is 0 Å². The zero-order chi connectivity index (χ0) is 18.3. The molecule has 0 aliphatic heterocycles. The zero-order valence-corrected chi connectivity index (χ0v) is 14.2. The predicted octanol–water partition coefficient (Wildman–Crippen LogP) is 3.66. The summed E-state index contributed by atoms with van der Waals surface area (Å²) in [5, 5.41) is 6.22. The predicted molar refractivity (Wildman–Crippen MR) is 92.1 cm³/mol. The first kappa shape index (κ1) is 18.8. The van der Waals surface area contributed by atoms with Gasteiger partial charge < -0.3 is 10.6 Å². The molecule has 2 rings (SSSR count). The van der Waals surface area contributed by atoms with Gasteiger partial charge in [0.2, 0.25) is 0 Å². The van der Waals surface area contributed by atoms with E-state index < -0.39 is 11.7 Å². The molecule has 7 heteroatoms. The van der Waals surface area contributed by atoms with Gasteiger partial charge in [0.25, 0.3) is 0 Å². The van der Waals surface area contributed by atoms with Crippen LogP contribution in [-0.2, 0) is 19.3 Å². The van der Waals surface area contributed by atoms with Gasteiger partial charge in [0.1, 0.15) is 0 Å². The summed E-state index contributed by atoms with van der Waals surface area (Å²) in [4.78, 5) is 8.65. The van der Waals surface area contributed by atoms with Crippen LogP contribution in [0.15, 0.2) is 47.6 Å². The highest BCUT2D eigenvalue weighted by Crippen LogP contribution is 2.29. The van der Waals surface area contributed by atoms with Gasteiger partial charge in [0.15, 0.2) is 5.96 Å². The molecule has 0 saturated heterocycles. The van der Waals surface area contributed by atoms with Crippen molar-refractivity contribution in [2.75, 3.05) is 6.54 Å². The van der Waals surface area contributed by atoms with E-state index >= 15 is 0 Å². The number of hydrogen-bond donors (Lipinski definition) is 2. The summed E-state index contributed by atoms with van der Waals surface area (Å²) >= 11 is 0. The summed E-state index contributed by atoms with van der Waals surface area (Å²) in [5.41, 5.74) is 1.79. The lowest BCUT2D eigenvalue weighted by Gasteiger charge is -2.12. The Balaban J connectivity index is 2.06. The fourth-order valence-electron chi connectivity index (χ4n) is 2.23. The van der Waals surface area contributed by atoms with Crippen molar-refractivity contribution in [2.45, 2.75) is 33.1 Å². The first-order valence-electron chi connectivity index (χ1n) is 7.99. The Morgan fingerprint density at radius 3 is 2.64 bits per heavy atom. The van der Waals surface area contributed by atoms with E-state index in [9.17, 15) is 13.2 Å². The summed E-state index contributed by atoms with van der Waals surface area (Å²) in [6, 6.07) is 9.04. The molecule has 0 amide bonds. The Labute approximate surface area is 145 Å². The topological polar surface area (TPSA) is 49.3 Å². The molecule has 0 spiro atoms. The molecule has 0 unspecified atom stereocenters. The molecule has 0 aliphatic rings. The molecule has 0 fully saturated rings. The molecule has 0 aliphatic carbocycles. The first-order chi connectivity index (χ1) is 11.9. The molecule has 0 radical (unpaired) electrons. The summed E-state index contributed by atoms with van der Waals surface area (Å²) < 4.78 is 38.3. The number of hydrogen-bond acceptors (Lipinski definition) is 2. The number of rotatable bonds is 5. The number of halogens is 3. The number of guanidine groups is 1. The molecule has 1 heterocycles. The maximum absolute atomic E-state index is 12.8. The van der Waals surface area contributed by atoms with Crippen LogP contribution in [0, 0.1) is 6.92 Å². The molecular formula is C18H21F3N4. The van der Waals surface area contributed by atoms with Crippen LogP contribution >= 0.6 is 0 Å². The van der Waals surface area contributed by atoms with Crippen molar-refractivity contribution in [3.63, 3.8) is 0 Å². The number of aliphatic imine (C=N–C) groups is 1. The molecule has 0 bridgehead atoms. The molecule has 1 aromatic carbocycles. The lowest BCUT2D eigenvalue weighted by atomic mass is 10.1. The number of alkyl halides is 3. The van der Waals surface area contributed by atoms with Gasteiger partial charge in [-0.3, -0.25) is 4.98 Å². The number of pyridine rings is 1. The van der Waals surface area contributed by atoms with Gasteiger partial charge in [0, 0.05) is 12.7 Å². The van der Waals surface area contributed by atoms with Crippen LogP contribution in [0.1, 0.15) is 29.3 Å². The maximum Gasteiger partial charge on any atom is 0.416 e. The molecule has 134 valence electrons. The minimum absolute atomic E-state index is 0.153. The summed E-state index contributed by atoms with van der Waals surface area (Å²) in [7, 11) is 0. The second kappa shape index (κ2) is 8.50. The van der Waals surface area contributed by atoms with E-state index in [-0.39, 0.29) is 6.54 Å². The van der Waals surface area contributed by atoms with Gasteiger partial charge in [-0.1, -0.05) is 18.2 Å². The minimum Gasteiger partial charge on any atom is -0.357 e. The lowest BCUT2D eigenvalue weighted by molar-refractivity contribution is -0.137. The summed E-state index contributed by atoms with van der Waals surface area (Å²) in [6.45, 7) is 5.18. The Morgan fingerprint density at radius 1 is 1.16 bits per heavy atom. The Kier molecular flexibility index (Phi) is 6.38. The highest BCUT2D eigenvalue weighted by Gasteiger charge is 2.30. The number of nitrogens with zero attached hydrogens (tertiary/aromatic N) is 2. The SMILES string of the molecule is CCNC(=NCc1cccc(C(F)(F)F)c1)NCc1ncccc1C. The normalized spacial score (nSPS) is 12.1. The van der Waals surface area contributed by atoms with Crippen molar-refractivity contribution >= 4 is 5.96 Å². The van der Waals surface area contributed by atoms with E-state index in [0.29, 0.717) is 24.6 Å². The van der Waals surface area contributed by atoms with Crippen LogP contribution in [0.4, 0.5) is 13.2 Å². The third kappa shape index (κ3) is 5.77. The molecule has 25 heavy (non-hydrogen) atoms. The Bertz CT molecular complexity index is 726. The largest absolute Gasteiger partial charge is 0.416 e. The van der Waals surface area contributed by atoms with Crippen LogP contribution in [0.2, 0.25) is 0 Å². The molecule has 2 N–H and O–H groups in total. The molecule has 2 aromatic rings. The third-order valence-electron chi connectivity index (χ3n) is 3.56. The zero-order valence-electron chi connectivity index (χ0n) is 14.2. The van der Waals surface area contributed by atoms with Gasteiger partial charge in [-0.15, -0.1) is 0 Å². The molecule has 0 saturated carbocycles. The standard InChI is InChI=1S/C18H21F3N4/c1-3-22-17(25-12-16-13(2)6-5-9-23-16)24-11-14-7-4-8-15(10-14)18(19,20)21/h4-10H,3,11-12H2,1-2H3,(H2,22,24,25). The van der Waals surface area contributed by atoms with Gasteiger partial charge in [-0.25, -0.2) is 4.99 Å². The Morgan fingerprint density at radius 2 is 1.96 bits per heavy atom. The van der Waals surface area contributed by atoms with Gasteiger partial charge in [0.05, 0.1) is 24.3 Å². The van der Waals surface area contributed by atoms with Crippen LogP contribution < -0.4 is 10.6 Å². The van der Waals surface area contributed by atoms with Gasteiger partial charge in [-0.05, 0) is 43.2 Å². The summed E-state index contributed by atoms with van der Waals surface area (Å²) in [6.07, 6.45) is -2.63. The van der Waals surface area contributed by atoms with Crippen molar-refractivity contribution in [2.24, 2.45) is 4.99 Å². The minimum atomic E-state index is -4.35. The second-order valence-electron chi connectivity index (χ2n) is 5.51. The fourth-order valence-corrected chi connectivity index (χ4v) is 2.23. The summed E-state index contributed by atoms with van der Waals surface area (Å²) in [5.74, 6) is 0.532. The number of aryl methyl sites for hydroxylation is 1. The second-order valence-corrected chi connectivity index (χ2v) is 5.51. The number of nitrogens with one attached hydrogen (secondary N) is 2. The quantitative estimate of drug-likeness (QED) is 0.639. The molecule has 4 nitrogen and oxygen atoms in total. The lowest BCUT2D eigenvalue weighted by Crippen LogP contribution is -2.37. The third-order valence-corrected chi connectivity index (χ3v) is 3.56. The van der Waals surface area contributed by atoms with E-state index in [0.717, 1.165) is 23.4 Å². The maximum atomic E-state index is 12.8. The van der Waals surface area contributed by atoms with E-state index in [2.05, 4.69) is 20.6 Å². The smallest absolute Gasteiger partial charge is 0.357 e. The monoisotopic (exact) mass is 350 g/mol. The van der Waals surface area contributed by atoms with Crippen LogP contribution in [0.25, 0.3) is 0 Å². The number of benzene rings is 1. The first-order valence-corrected chi connectivity index (χ1v) is 7.99. The molecular weight excluding hydrogens is 329 g/mol. The highest BCUT2D eigenvalue weighted by molar-refractivity contribution is 5.79. The van der Waals surface area contributed by atoms with Crippen molar-refractivity contribution in [1.82, 2.24) is 15.6 Å². The number of aromatic nitrogens is 1. The van der Waals surface area contributed by atoms with Crippen molar-refractivity contribution in [1.29, 1.82) is 0 Å². The van der Waals surface area contributed by atoms with E-state index in [1.165, 1.54) is 6.07 Å².